The number of piperidine rings is 2. The van der Waals surface area contributed by atoms with Gasteiger partial charge in [0.15, 0.2) is 0 Å². The van der Waals surface area contributed by atoms with Crippen molar-refractivity contribution in [2.75, 3.05) is 9.80 Å². The average molecular weight is 523 g/mol. The summed E-state index contributed by atoms with van der Waals surface area (Å²) in [7, 11) is 0. The Morgan fingerprint density at radius 2 is 1.18 bits per heavy atom. The van der Waals surface area contributed by atoms with E-state index in [9.17, 15) is 0 Å². The van der Waals surface area contributed by atoms with Crippen LogP contribution in [-0.2, 0) is 5.41 Å². The van der Waals surface area contributed by atoms with Gasteiger partial charge in [0.25, 0.3) is 0 Å². The van der Waals surface area contributed by atoms with E-state index in [-0.39, 0.29) is 33.6 Å². The predicted molar refractivity (Wildman–Crippen MR) is 157 cm³/mol. The second kappa shape index (κ2) is 9.35. The van der Waals surface area contributed by atoms with Gasteiger partial charge in [0.1, 0.15) is 5.75 Å². The molecule has 2 aromatic rings. The van der Waals surface area contributed by atoms with Crippen LogP contribution in [0.5, 0.6) is 11.8 Å². The number of nitrogens with two attached hydrogens (primary N) is 1. The fourth-order valence-corrected chi connectivity index (χ4v) is 7.15. The number of rotatable bonds is 4. The zero-order chi connectivity index (χ0) is 28.3. The van der Waals surface area contributed by atoms with E-state index in [1.54, 1.807) is 0 Å². The lowest BCUT2D eigenvalue weighted by molar-refractivity contribution is 0.214. The molecule has 2 aliphatic rings. The smallest absolute Gasteiger partial charge is 0.328 e. The minimum absolute atomic E-state index is 0.0732. The maximum absolute atomic E-state index is 6.51. The molecule has 0 spiro atoms. The predicted octanol–water partition coefficient (Wildman–Crippen LogP) is 6.99. The summed E-state index contributed by atoms with van der Waals surface area (Å²) in [6, 6.07) is 8.71. The number of benzene rings is 1. The molecule has 3 heterocycles. The van der Waals surface area contributed by atoms with E-state index < -0.39 is 0 Å². The van der Waals surface area contributed by atoms with E-state index in [2.05, 4.69) is 98.1 Å². The van der Waals surface area contributed by atoms with Crippen LogP contribution in [0.25, 0.3) is 0 Å². The molecule has 0 aliphatic carbocycles. The first-order chi connectivity index (χ1) is 17.3. The van der Waals surface area contributed by atoms with Crippen molar-refractivity contribution in [2.24, 2.45) is 5.73 Å². The van der Waals surface area contributed by atoms with E-state index >= 15 is 0 Å². The molecule has 38 heavy (non-hydrogen) atoms. The van der Waals surface area contributed by atoms with Crippen molar-refractivity contribution >= 4 is 11.9 Å². The van der Waals surface area contributed by atoms with Crippen LogP contribution in [0.4, 0.5) is 11.9 Å². The topological polar surface area (TPSA) is 80.4 Å². The number of anilines is 2. The fraction of sp³-hybridized carbons (Fsp3) is 0.710. The SMILES string of the molecule is CC(C)(C)c1ccc(Oc2nc(N3C(C)(C)CCCC3(C)C)nc(N3C(C)(C)CC(N)CC3(C)C)n2)cc1. The number of ether oxygens (including phenoxy) is 1. The van der Waals surface area contributed by atoms with Gasteiger partial charge in [-0.15, -0.1) is 0 Å². The summed E-state index contributed by atoms with van der Waals surface area (Å²) in [4.78, 5) is 19.8. The van der Waals surface area contributed by atoms with Gasteiger partial charge in [-0.1, -0.05) is 32.9 Å². The Balaban J connectivity index is 1.84. The van der Waals surface area contributed by atoms with E-state index in [4.69, 9.17) is 25.4 Å². The maximum Gasteiger partial charge on any atom is 0.328 e. The fourth-order valence-electron chi connectivity index (χ4n) is 7.15. The molecule has 2 saturated heterocycles. The summed E-state index contributed by atoms with van der Waals surface area (Å²) in [5, 5.41) is 0. The second-order valence-corrected chi connectivity index (χ2v) is 15.0. The highest BCUT2D eigenvalue weighted by molar-refractivity contribution is 5.49. The van der Waals surface area contributed by atoms with Gasteiger partial charge in [-0.05, 0) is 111 Å². The molecule has 0 radical (unpaired) electrons. The lowest BCUT2D eigenvalue weighted by Crippen LogP contribution is -2.64. The summed E-state index contributed by atoms with van der Waals surface area (Å²) in [5.41, 5.74) is 7.20. The third kappa shape index (κ3) is 5.63. The van der Waals surface area contributed by atoms with Crippen LogP contribution in [0.1, 0.15) is 114 Å². The highest BCUT2D eigenvalue weighted by Gasteiger charge is 2.48. The van der Waals surface area contributed by atoms with Crippen molar-refractivity contribution in [2.45, 2.75) is 142 Å². The van der Waals surface area contributed by atoms with E-state index in [1.165, 1.54) is 12.0 Å². The van der Waals surface area contributed by atoms with Gasteiger partial charge in [0, 0.05) is 28.2 Å². The van der Waals surface area contributed by atoms with Gasteiger partial charge < -0.3 is 20.3 Å². The van der Waals surface area contributed by atoms with Crippen molar-refractivity contribution in [1.82, 2.24) is 15.0 Å². The first-order valence-corrected chi connectivity index (χ1v) is 14.2. The molecule has 7 nitrogen and oxygen atoms in total. The number of hydrogen-bond acceptors (Lipinski definition) is 7. The quantitative estimate of drug-likeness (QED) is 0.463. The largest absolute Gasteiger partial charge is 0.424 e. The van der Waals surface area contributed by atoms with Crippen molar-refractivity contribution in [1.29, 1.82) is 0 Å². The van der Waals surface area contributed by atoms with Crippen LogP contribution >= 0.6 is 0 Å². The lowest BCUT2D eigenvalue weighted by atomic mass is 9.77. The average Bonchev–Trinajstić information content (AvgIpc) is 2.69. The minimum atomic E-state index is -0.224. The zero-order valence-corrected chi connectivity index (χ0v) is 25.6. The van der Waals surface area contributed by atoms with Crippen LogP contribution in [0.2, 0.25) is 0 Å². The maximum atomic E-state index is 6.51. The molecule has 4 rings (SSSR count). The molecular formula is C31H50N6O. The molecule has 2 aliphatic heterocycles. The van der Waals surface area contributed by atoms with Gasteiger partial charge in [0.2, 0.25) is 11.9 Å². The van der Waals surface area contributed by atoms with Crippen LogP contribution in [0, 0.1) is 0 Å². The highest BCUT2D eigenvalue weighted by Crippen LogP contribution is 2.44. The highest BCUT2D eigenvalue weighted by atomic mass is 16.5. The van der Waals surface area contributed by atoms with E-state index in [0.717, 1.165) is 31.4 Å². The van der Waals surface area contributed by atoms with Crippen molar-refractivity contribution in [3.63, 3.8) is 0 Å². The van der Waals surface area contributed by atoms with Gasteiger partial charge in [-0.25, -0.2) is 0 Å². The third-order valence-corrected chi connectivity index (χ3v) is 8.44. The number of hydrogen-bond donors (Lipinski definition) is 1. The number of nitrogens with zero attached hydrogens (tertiary/aromatic N) is 5. The van der Waals surface area contributed by atoms with Crippen LogP contribution in [-0.4, -0.2) is 43.1 Å². The molecule has 2 fully saturated rings. The van der Waals surface area contributed by atoms with Gasteiger partial charge in [-0.2, -0.15) is 15.0 Å². The first-order valence-electron chi connectivity index (χ1n) is 14.2. The second-order valence-electron chi connectivity index (χ2n) is 15.0. The molecule has 1 aromatic carbocycles. The Labute approximate surface area is 230 Å². The van der Waals surface area contributed by atoms with Gasteiger partial charge >= 0.3 is 6.01 Å². The molecule has 0 amide bonds. The molecule has 1 aromatic heterocycles. The summed E-state index contributed by atoms with van der Waals surface area (Å²) < 4.78 is 6.36. The van der Waals surface area contributed by atoms with Crippen LogP contribution in [0.3, 0.4) is 0 Å². The Hall–Kier alpha value is -2.41. The molecule has 0 saturated carbocycles. The van der Waals surface area contributed by atoms with Gasteiger partial charge in [0.05, 0.1) is 0 Å². The monoisotopic (exact) mass is 522 g/mol. The van der Waals surface area contributed by atoms with Gasteiger partial charge in [-0.3, -0.25) is 0 Å². The standard InChI is InChI=1S/C31H50N6O/c1-27(2,3)21-13-15-23(16-14-21)38-26-34-24(36-28(4,5)17-12-18-29(36,6)7)33-25(35-26)37-30(8,9)19-22(32)20-31(37,10)11/h13-16,22H,12,17-20,32H2,1-11H3. The summed E-state index contributed by atoms with van der Waals surface area (Å²) in [5.74, 6) is 2.04. The summed E-state index contributed by atoms with van der Waals surface area (Å²) in [6.45, 7) is 24.7. The molecule has 7 heteroatoms. The summed E-state index contributed by atoms with van der Waals surface area (Å²) >= 11 is 0. The van der Waals surface area contributed by atoms with Crippen LogP contribution < -0.4 is 20.3 Å². The van der Waals surface area contributed by atoms with E-state index in [1.807, 2.05) is 12.1 Å². The zero-order valence-electron chi connectivity index (χ0n) is 25.6. The van der Waals surface area contributed by atoms with Crippen molar-refractivity contribution in [3.8, 4) is 11.8 Å². The minimum Gasteiger partial charge on any atom is -0.424 e. The third-order valence-electron chi connectivity index (χ3n) is 8.44. The van der Waals surface area contributed by atoms with Crippen molar-refractivity contribution < 1.29 is 4.74 Å². The molecule has 2 N–H and O–H groups in total. The van der Waals surface area contributed by atoms with Crippen LogP contribution in [0.15, 0.2) is 24.3 Å². The first kappa shape index (κ1) is 28.6. The van der Waals surface area contributed by atoms with E-state index in [0.29, 0.717) is 17.9 Å². The summed E-state index contributed by atoms with van der Waals surface area (Å²) in [6.07, 6.45) is 5.07. The Morgan fingerprint density at radius 3 is 1.63 bits per heavy atom. The molecular weight excluding hydrogens is 472 g/mol. The lowest BCUT2D eigenvalue weighted by Gasteiger charge is -2.55. The molecule has 0 unspecified atom stereocenters. The Kier molecular flexibility index (Phi) is 7.04. The molecule has 0 atom stereocenters. The normalized spacial score (nSPS) is 22.8. The molecule has 0 bridgehead atoms. The van der Waals surface area contributed by atoms with Crippen molar-refractivity contribution in [3.05, 3.63) is 29.8 Å². The Morgan fingerprint density at radius 1 is 0.737 bits per heavy atom. The number of aromatic nitrogens is 3. The molecule has 210 valence electrons. The Bertz CT molecular complexity index is 1110.